The van der Waals surface area contributed by atoms with Crippen LogP contribution in [0.5, 0.6) is 11.5 Å². The largest absolute Gasteiger partial charge is 0.491 e. The molecule has 0 saturated heterocycles. The van der Waals surface area contributed by atoms with Gasteiger partial charge < -0.3 is 14.2 Å². The van der Waals surface area contributed by atoms with E-state index in [1.165, 1.54) is 63.5 Å². The van der Waals surface area contributed by atoms with Gasteiger partial charge >= 0.3 is 0 Å². The van der Waals surface area contributed by atoms with E-state index in [4.69, 9.17) is 14.2 Å². The lowest BCUT2D eigenvalue weighted by Gasteiger charge is -2.45. The number of rotatable bonds is 8. The summed E-state index contributed by atoms with van der Waals surface area (Å²) < 4.78 is 45.0. The molecule has 180 valence electrons. The van der Waals surface area contributed by atoms with Gasteiger partial charge in [-0.3, -0.25) is 0 Å². The summed E-state index contributed by atoms with van der Waals surface area (Å²) in [7, 11) is 0. The highest BCUT2D eigenvalue weighted by Crippen LogP contribution is 2.48. The van der Waals surface area contributed by atoms with Gasteiger partial charge in [0.15, 0.2) is 11.5 Å². The molecule has 1 aromatic carbocycles. The molecule has 3 fully saturated rings. The molecule has 0 spiro atoms. The van der Waals surface area contributed by atoms with Crippen molar-refractivity contribution in [2.75, 3.05) is 19.8 Å². The first kappa shape index (κ1) is 23.8. The van der Waals surface area contributed by atoms with Gasteiger partial charge in [-0.2, -0.15) is 8.78 Å². The van der Waals surface area contributed by atoms with E-state index in [9.17, 15) is 8.78 Å². The van der Waals surface area contributed by atoms with Crippen LogP contribution in [0.25, 0.3) is 0 Å². The van der Waals surface area contributed by atoms with E-state index < -0.39 is 11.6 Å². The van der Waals surface area contributed by atoms with E-state index in [0.717, 1.165) is 43.1 Å². The summed E-state index contributed by atoms with van der Waals surface area (Å²) >= 11 is 0. The van der Waals surface area contributed by atoms with Gasteiger partial charge in [0, 0.05) is 6.61 Å². The molecule has 5 heteroatoms. The highest BCUT2D eigenvalue weighted by molar-refractivity contribution is 5.35. The molecule has 32 heavy (non-hydrogen) atoms. The van der Waals surface area contributed by atoms with Crippen LogP contribution >= 0.6 is 0 Å². The van der Waals surface area contributed by atoms with Gasteiger partial charge in [0.05, 0.1) is 19.3 Å². The molecule has 0 aromatic heterocycles. The second-order valence-electron chi connectivity index (χ2n) is 10.2. The lowest BCUT2D eigenvalue weighted by molar-refractivity contribution is -0.0214. The Bertz CT molecular complexity index is 732. The molecule has 3 aliphatic rings. The van der Waals surface area contributed by atoms with Crippen LogP contribution in [0.1, 0.15) is 78.1 Å². The van der Waals surface area contributed by atoms with Crippen molar-refractivity contribution < 1.29 is 23.0 Å². The van der Waals surface area contributed by atoms with E-state index in [2.05, 4.69) is 6.92 Å². The Labute approximate surface area is 192 Å². The highest BCUT2D eigenvalue weighted by Gasteiger charge is 2.39. The summed E-state index contributed by atoms with van der Waals surface area (Å²) in [5.74, 6) is 1.95. The van der Waals surface area contributed by atoms with Gasteiger partial charge in [-0.1, -0.05) is 0 Å². The van der Waals surface area contributed by atoms with Crippen molar-refractivity contribution in [3.63, 3.8) is 0 Å². The molecule has 4 atom stereocenters. The Balaban J connectivity index is 1.21. The monoisotopic (exact) mass is 450 g/mol. The minimum Gasteiger partial charge on any atom is -0.491 e. The first-order valence-corrected chi connectivity index (χ1v) is 12.9. The Kier molecular flexibility index (Phi) is 8.31. The molecule has 0 heterocycles. The molecule has 3 saturated carbocycles. The van der Waals surface area contributed by atoms with E-state index in [-0.39, 0.29) is 11.5 Å². The Morgan fingerprint density at radius 1 is 0.688 bits per heavy atom. The molecule has 0 radical (unpaired) electrons. The fourth-order valence-corrected chi connectivity index (χ4v) is 6.62. The van der Waals surface area contributed by atoms with Crippen LogP contribution in [0, 0.1) is 41.2 Å². The molecule has 4 rings (SSSR count). The van der Waals surface area contributed by atoms with Crippen LogP contribution in [-0.2, 0) is 4.74 Å². The van der Waals surface area contributed by atoms with Crippen molar-refractivity contribution in [1.82, 2.24) is 0 Å². The SMILES string of the molecule is CCOc1ccc(OCC2CCC(C3CCC4CC(OCC)CCC4C3)CC2)c(F)c1F. The van der Waals surface area contributed by atoms with Crippen molar-refractivity contribution >= 4 is 0 Å². The van der Waals surface area contributed by atoms with E-state index in [0.29, 0.717) is 25.2 Å². The average molecular weight is 451 g/mol. The molecule has 0 N–H and O–H groups in total. The molecule has 0 bridgehead atoms. The number of halogens is 2. The maximum absolute atomic E-state index is 14.3. The maximum Gasteiger partial charge on any atom is 0.204 e. The second kappa shape index (κ2) is 11.2. The van der Waals surface area contributed by atoms with Crippen LogP contribution in [0.3, 0.4) is 0 Å². The van der Waals surface area contributed by atoms with Crippen LogP contribution in [-0.4, -0.2) is 25.9 Å². The summed E-state index contributed by atoms with van der Waals surface area (Å²) in [4.78, 5) is 0. The summed E-state index contributed by atoms with van der Waals surface area (Å²) in [5.41, 5.74) is 0. The standard InChI is InChI=1S/C27H40F2O3/c1-3-30-23-12-11-21-15-20(9-10-22(21)16-23)19-7-5-18(6-8-19)17-32-25-14-13-24(31-4-2)26(28)27(25)29/h13-14,18-23H,3-12,15-17H2,1-2H3. The first-order chi connectivity index (χ1) is 15.6. The fourth-order valence-electron chi connectivity index (χ4n) is 6.62. The molecule has 3 aliphatic carbocycles. The van der Waals surface area contributed by atoms with E-state index in [1.54, 1.807) is 6.92 Å². The summed E-state index contributed by atoms with van der Waals surface area (Å²) in [6, 6.07) is 2.93. The van der Waals surface area contributed by atoms with Crippen LogP contribution in [0.2, 0.25) is 0 Å². The van der Waals surface area contributed by atoms with Crippen LogP contribution in [0.4, 0.5) is 8.78 Å². The first-order valence-electron chi connectivity index (χ1n) is 12.9. The van der Waals surface area contributed by atoms with Crippen molar-refractivity contribution in [2.45, 2.75) is 84.2 Å². The van der Waals surface area contributed by atoms with Crippen molar-refractivity contribution in [3.8, 4) is 11.5 Å². The van der Waals surface area contributed by atoms with E-state index in [1.807, 2.05) is 0 Å². The fraction of sp³-hybridized carbons (Fsp3) is 0.778. The zero-order valence-corrected chi connectivity index (χ0v) is 19.8. The van der Waals surface area contributed by atoms with Gasteiger partial charge in [0.1, 0.15) is 0 Å². The van der Waals surface area contributed by atoms with Crippen molar-refractivity contribution in [1.29, 1.82) is 0 Å². The second-order valence-corrected chi connectivity index (χ2v) is 10.2. The van der Waals surface area contributed by atoms with Gasteiger partial charge in [0.2, 0.25) is 11.6 Å². The quantitative estimate of drug-likeness (QED) is 0.420. The predicted molar refractivity (Wildman–Crippen MR) is 122 cm³/mol. The average Bonchev–Trinajstić information content (AvgIpc) is 2.82. The predicted octanol–water partition coefficient (Wildman–Crippen LogP) is 7.17. The zero-order chi connectivity index (χ0) is 22.5. The number of hydrogen-bond acceptors (Lipinski definition) is 3. The third-order valence-electron chi connectivity index (χ3n) is 8.35. The zero-order valence-electron chi connectivity index (χ0n) is 19.8. The number of ether oxygens (including phenoxy) is 3. The molecular weight excluding hydrogens is 410 g/mol. The lowest BCUT2D eigenvalue weighted by Crippen LogP contribution is -2.37. The normalized spacial score (nSPS) is 32.9. The summed E-state index contributed by atoms with van der Waals surface area (Å²) in [6.45, 7) is 5.47. The maximum atomic E-state index is 14.3. The Morgan fingerprint density at radius 3 is 1.91 bits per heavy atom. The topological polar surface area (TPSA) is 27.7 Å². The number of fused-ring (bicyclic) bond motifs is 1. The van der Waals surface area contributed by atoms with E-state index >= 15 is 0 Å². The van der Waals surface area contributed by atoms with Gasteiger partial charge in [-0.05, 0) is 120 Å². The highest BCUT2D eigenvalue weighted by atomic mass is 19.2. The van der Waals surface area contributed by atoms with Crippen molar-refractivity contribution in [2.24, 2.45) is 29.6 Å². The van der Waals surface area contributed by atoms with Crippen molar-refractivity contribution in [3.05, 3.63) is 23.8 Å². The molecular formula is C27H40F2O3. The lowest BCUT2D eigenvalue weighted by atomic mass is 9.62. The number of benzene rings is 1. The molecule has 1 aromatic rings. The van der Waals surface area contributed by atoms with Crippen LogP contribution in [0.15, 0.2) is 12.1 Å². The number of hydrogen-bond donors (Lipinski definition) is 0. The summed E-state index contributed by atoms with van der Waals surface area (Å²) in [5, 5.41) is 0. The van der Waals surface area contributed by atoms with Gasteiger partial charge in [-0.25, -0.2) is 0 Å². The third kappa shape index (κ3) is 5.58. The molecule has 4 unspecified atom stereocenters. The Morgan fingerprint density at radius 2 is 1.25 bits per heavy atom. The molecule has 0 aliphatic heterocycles. The minimum absolute atomic E-state index is 0.00551. The molecule has 0 amide bonds. The summed E-state index contributed by atoms with van der Waals surface area (Å²) in [6.07, 6.45) is 13.3. The smallest absolute Gasteiger partial charge is 0.204 e. The molecule has 3 nitrogen and oxygen atoms in total. The Hall–Kier alpha value is -1.36. The minimum atomic E-state index is -0.959. The third-order valence-corrected chi connectivity index (χ3v) is 8.35. The van der Waals surface area contributed by atoms with Gasteiger partial charge in [0.25, 0.3) is 0 Å². The van der Waals surface area contributed by atoms with Crippen LogP contribution < -0.4 is 9.47 Å². The van der Waals surface area contributed by atoms with Gasteiger partial charge in [-0.15, -0.1) is 0 Å².